The fraction of sp³-hybridized carbons (Fsp3) is 0.353. The number of hydrogen-bond donors (Lipinski definition) is 1. The molecule has 1 aromatic carbocycles. The summed E-state index contributed by atoms with van der Waals surface area (Å²) in [5, 5.41) is 4.05. The van der Waals surface area contributed by atoms with E-state index in [0.29, 0.717) is 24.7 Å². The van der Waals surface area contributed by atoms with Crippen molar-refractivity contribution >= 4 is 33.0 Å². The molecule has 0 unspecified atom stereocenters. The summed E-state index contributed by atoms with van der Waals surface area (Å²) in [6, 6.07) is 6.93. The van der Waals surface area contributed by atoms with E-state index >= 15 is 0 Å². The Morgan fingerprint density at radius 2 is 2.00 bits per heavy atom. The lowest BCUT2D eigenvalue weighted by molar-refractivity contribution is 0.103. The first-order chi connectivity index (χ1) is 11.9. The Balaban J connectivity index is 1.74. The van der Waals surface area contributed by atoms with Crippen LogP contribution in [0.5, 0.6) is 0 Å². The minimum Gasteiger partial charge on any atom is -0.321 e. The van der Waals surface area contributed by atoms with E-state index in [2.05, 4.69) is 12.2 Å². The smallest absolute Gasteiger partial charge is 0.265 e. The number of sulfonamides is 1. The summed E-state index contributed by atoms with van der Waals surface area (Å²) in [6.45, 7) is 3.12. The van der Waals surface area contributed by atoms with Gasteiger partial charge in [0.25, 0.3) is 5.91 Å². The molecule has 8 heteroatoms. The van der Waals surface area contributed by atoms with Crippen LogP contribution < -0.4 is 5.32 Å². The third kappa shape index (κ3) is 4.08. The van der Waals surface area contributed by atoms with Gasteiger partial charge in [-0.15, -0.1) is 11.3 Å². The van der Waals surface area contributed by atoms with Crippen LogP contribution in [0.15, 0.2) is 40.6 Å². The summed E-state index contributed by atoms with van der Waals surface area (Å²) in [7, 11) is -3.57. The molecule has 0 spiro atoms. The Labute approximate surface area is 150 Å². The lowest BCUT2D eigenvalue weighted by atomic mass is 10.0. The molecule has 1 N–H and O–H groups in total. The van der Waals surface area contributed by atoms with Crippen LogP contribution in [0.2, 0.25) is 0 Å². The predicted molar refractivity (Wildman–Crippen MR) is 95.8 cm³/mol. The van der Waals surface area contributed by atoms with E-state index in [1.807, 2.05) is 0 Å². The van der Waals surface area contributed by atoms with Crippen LogP contribution in [0.4, 0.5) is 10.1 Å². The van der Waals surface area contributed by atoms with E-state index in [9.17, 15) is 17.6 Å². The lowest BCUT2D eigenvalue weighted by Crippen LogP contribution is -2.37. The van der Waals surface area contributed by atoms with Crippen molar-refractivity contribution < 1.29 is 17.6 Å². The molecule has 1 aliphatic rings. The summed E-state index contributed by atoms with van der Waals surface area (Å²) in [6.07, 6.45) is 1.69. The van der Waals surface area contributed by atoms with Crippen molar-refractivity contribution in [3.05, 3.63) is 46.4 Å². The molecule has 0 aliphatic carbocycles. The number of thiophene rings is 1. The molecule has 1 aliphatic heterocycles. The number of benzene rings is 1. The highest BCUT2D eigenvalue weighted by Gasteiger charge is 2.29. The molecular formula is C17H19FN2O3S2. The Morgan fingerprint density at radius 3 is 2.68 bits per heavy atom. The molecule has 0 saturated carbocycles. The second-order valence-corrected chi connectivity index (χ2v) is 9.05. The van der Waals surface area contributed by atoms with Crippen molar-refractivity contribution in [2.75, 3.05) is 18.4 Å². The molecular weight excluding hydrogens is 363 g/mol. The number of anilines is 1. The van der Waals surface area contributed by atoms with Gasteiger partial charge in [0.2, 0.25) is 10.0 Å². The van der Waals surface area contributed by atoms with E-state index in [1.165, 1.54) is 34.0 Å². The number of amides is 1. The molecule has 0 radical (unpaired) electrons. The molecule has 0 atom stereocenters. The number of hydrogen-bond acceptors (Lipinski definition) is 4. The normalized spacial score (nSPS) is 16.7. The fourth-order valence-electron chi connectivity index (χ4n) is 2.71. The molecule has 0 bridgehead atoms. The van der Waals surface area contributed by atoms with Crippen molar-refractivity contribution in [1.29, 1.82) is 0 Å². The zero-order valence-corrected chi connectivity index (χ0v) is 15.4. The number of piperidine rings is 1. The number of halogens is 1. The van der Waals surface area contributed by atoms with E-state index in [-0.39, 0.29) is 9.77 Å². The highest BCUT2D eigenvalue weighted by atomic mass is 32.2. The van der Waals surface area contributed by atoms with Crippen LogP contribution >= 0.6 is 11.3 Å². The van der Waals surface area contributed by atoms with Crippen LogP contribution in [0, 0.1) is 11.7 Å². The highest BCUT2D eigenvalue weighted by molar-refractivity contribution is 7.89. The minimum atomic E-state index is -3.57. The second kappa shape index (κ2) is 7.23. The molecule has 1 aromatic heterocycles. The fourth-order valence-corrected chi connectivity index (χ4v) is 5.33. The van der Waals surface area contributed by atoms with E-state index in [1.54, 1.807) is 6.07 Å². The van der Waals surface area contributed by atoms with Gasteiger partial charge < -0.3 is 5.32 Å². The van der Waals surface area contributed by atoms with Crippen LogP contribution in [-0.2, 0) is 10.0 Å². The molecule has 2 aromatic rings. The van der Waals surface area contributed by atoms with Gasteiger partial charge in [-0.1, -0.05) is 13.0 Å². The molecule has 1 saturated heterocycles. The van der Waals surface area contributed by atoms with Gasteiger partial charge in [0, 0.05) is 24.2 Å². The van der Waals surface area contributed by atoms with Gasteiger partial charge in [0.1, 0.15) is 5.82 Å². The number of carbonyl (C=O) groups excluding carboxylic acids is 1. The number of nitrogens with one attached hydrogen (secondary N) is 1. The van der Waals surface area contributed by atoms with Crippen LogP contribution in [0.1, 0.15) is 29.4 Å². The number of carbonyl (C=O) groups is 1. The summed E-state index contributed by atoms with van der Waals surface area (Å²) < 4.78 is 40.0. The van der Waals surface area contributed by atoms with Crippen LogP contribution in [0.25, 0.3) is 0 Å². The third-order valence-electron chi connectivity index (χ3n) is 4.26. The predicted octanol–water partition coefficient (Wildman–Crippen LogP) is 3.56. The quantitative estimate of drug-likeness (QED) is 0.879. The largest absolute Gasteiger partial charge is 0.321 e. The molecule has 3 rings (SSSR count). The van der Waals surface area contributed by atoms with Crippen LogP contribution in [0.3, 0.4) is 0 Å². The van der Waals surface area contributed by atoms with E-state index in [0.717, 1.165) is 24.2 Å². The van der Waals surface area contributed by atoms with Gasteiger partial charge in [-0.25, -0.2) is 12.8 Å². The van der Waals surface area contributed by atoms with Crippen molar-refractivity contribution in [2.45, 2.75) is 24.7 Å². The van der Waals surface area contributed by atoms with Gasteiger partial charge in [-0.2, -0.15) is 4.31 Å². The van der Waals surface area contributed by atoms with Gasteiger partial charge in [-0.3, -0.25) is 4.79 Å². The van der Waals surface area contributed by atoms with Crippen molar-refractivity contribution in [3.63, 3.8) is 0 Å². The Bertz CT molecular complexity index is 872. The standard InChI is InChI=1S/C17H19FN2O3S2/c1-12-5-7-20(8-6-12)25(22,23)15-10-16(24-11-15)17(21)19-14-4-2-3-13(18)9-14/h2-4,9-12H,5-8H2,1H3,(H,19,21). The molecule has 25 heavy (non-hydrogen) atoms. The van der Waals surface area contributed by atoms with E-state index in [4.69, 9.17) is 0 Å². The maximum Gasteiger partial charge on any atom is 0.265 e. The SMILES string of the molecule is CC1CCN(S(=O)(=O)c2csc(C(=O)Nc3cccc(F)c3)c2)CC1. The van der Waals surface area contributed by atoms with E-state index < -0.39 is 21.7 Å². The minimum absolute atomic E-state index is 0.136. The number of nitrogens with zero attached hydrogens (tertiary/aromatic N) is 1. The van der Waals surface area contributed by atoms with Crippen molar-refractivity contribution in [2.24, 2.45) is 5.92 Å². The van der Waals surface area contributed by atoms with Gasteiger partial charge in [0.05, 0.1) is 9.77 Å². The first kappa shape index (κ1) is 18.0. The average Bonchev–Trinajstić information content (AvgIpc) is 3.06. The van der Waals surface area contributed by atoms with Gasteiger partial charge >= 0.3 is 0 Å². The zero-order valence-electron chi connectivity index (χ0n) is 13.7. The topological polar surface area (TPSA) is 66.5 Å². The van der Waals surface area contributed by atoms with Crippen molar-refractivity contribution in [1.82, 2.24) is 4.31 Å². The third-order valence-corrected chi connectivity index (χ3v) is 7.22. The maximum absolute atomic E-state index is 13.2. The Hall–Kier alpha value is -1.77. The molecule has 134 valence electrons. The summed E-state index contributed by atoms with van der Waals surface area (Å²) in [5.74, 6) is -0.377. The highest BCUT2D eigenvalue weighted by Crippen LogP contribution is 2.27. The molecule has 1 fully saturated rings. The summed E-state index contributed by atoms with van der Waals surface area (Å²) in [5.41, 5.74) is 0.327. The van der Waals surface area contributed by atoms with Gasteiger partial charge in [-0.05, 0) is 43.0 Å². The van der Waals surface area contributed by atoms with Crippen LogP contribution in [-0.4, -0.2) is 31.7 Å². The molecule has 1 amide bonds. The number of rotatable bonds is 4. The van der Waals surface area contributed by atoms with Gasteiger partial charge in [0.15, 0.2) is 0 Å². The monoisotopic (exact) mass is 382 g/mol. The average molecular weight is 382 g/mol. The van der Waals surface area contributed by atoms with Crippen molar-refractivity contribution in [3.8, 4) is 0 Å². The summed E-state index contributed by atoms with van der Waals surface area (Å²) >= 11 is 1.06. The lowest BCUT2D eigenvalue weighted by Gasteiger charge is -2.29. The first-order valence-corrected chi connectivity index (χ1v) is 10.3. The maximum atomic E-state index is 13.2. The second-order valence-electron chi connectivity index (χ2n) is 6.20. The Kier molecular flexibility index (Phi) is 5.21. The zero-order chi connectivity index (χ0) is 18.0. The molecule has 2 heterocycles. The first-order valence-electron chi connectivity index (χ1n) is 8.02. The Morgan fingerprint density at radius 1 is 1.28 bits per heavy atom. The summed E-state index contributed by atoms with van der Waals surface area (Å²) in [4.78, 5) is 12.7. The molecule has 5 nitrogen and oxygen atoms in total.